The fourth-order valence-electron chi connectivity index (χ4n) is 1.13. The topological polar surface area (TPSA) is 89.5 Å². The molecule has 0 aliphatic carbocycles. The van der Waals surface area contributed by atoms with Gasteiger partial charge in [-0.2, -0.15) is 0 Å². The van der Waals surface area contributed by atoms with Gasteiger partial charge in [-0.05, 0) is 20.8 Å². The van der Waals surface area contributed by atoms with Gasteiger partial charge < -0.3 is 10.1 Å². The summed E-state index contributed by atoms with van der Waals surface area (Å²) in [6.45, 7) is 5.23. The van der Waals surface area contributed by atoms with Gasteiger partial charge in [-0.3, -0.25) is 9.59 Å². The summed E-state index contributed by atoms with van der Waals surface area (Å²) in [5.74, 6) is -1.17. The lowest BCUT2D eigenvalue weighted by atomic mass is 10.2. The molecule has 1 N–H and O–H groups in total. The highest BCUT2D eigenvalue weighted by Gasteiger charge is 2.19. The maximum absolute atomic E-state index is 11.6. The molecule has 19 heavy (non-hydrogen) atoms. The normalized spacial score (nSPS) is 12.0. The van der Waals surface area contributed by atoms with Crippen LogP contribution in [0.3, 0.4) is 0 Å². The maximum atomic E-state index is 11.6. The van der Waals surface area contributed by atoms with Crippen LogP contribution in [0.2, 0.25) is 0 Å². The Morgan fingerprint density at radius 2 is 1.79 bits per heavy atom. The van der Waals surface area contributed by atoms with E-state index >= 15 is 0 Å². The molecular formula is C11H20INO5S. The summed E-state index contributed by atoms with van der Waals surface area (Å²) >= 11 is 1.89. The first-order valence-electron chi connectivity index (χ1n) is 5.81. The van der Waals surface area contributed by atoms with E-state index in [2.05, 4.69) is 5.32 Å². The van der Waals surface area contributed by atoms with Crippen LogP contribution in [-0.4, -0.2) is 48.4 Å². The zero-order chi connectivity index (χ0) is 15.1. The molecule has 1 amide bonds. The van der Waals surface area contributed by atoms with E-state index in [0.29, 0.717) is 0 Å². The zero-order valence-electron chi connectivity index (χ0n) is 11.4. The van der Waals surface area contributed by atoms with Gasteiger partial charge in [0.1, 0.15) is 5.60 Å². The molecule has 6 nitrogen and oxygen atoms in total. The molecular weight excluding hydrogens is 385 g/mol. The third kappa shape index (κ3) is 11.2. The number of alkyl halides is 1. The highest BCUT2D eigenvalue weighted by Crippen LogP contribution is 2.08. The molecule has 0 bridgehead atoms. The van der Waals surface area contributed by atoms with Crippen molar-refractivity contribution in [2.75, 3.05) is 22.5 Å². The first kappa shape index (κ1) is 18.6. The number of carbonyl (C=O) groups is 2. The first-order valence-corrected chi connectivity index (χ1v) is 9.15. The van der Waals surface area contributed by atoms with E-state index < -0.39 is 21.4 Å². The SMILES string of the molecule is CC(C)(C)OC(=O)CCS(=O)(=O)CCNC(=O)CI. The summed E-state index contributed by atoms with van der Waals surface area (Å²) in [4.78, 5) is 22.3. The standard InChI is InChI=1S/C11H20INO5S/c1-11(2,3)18-10(15)4-6-19(16,17)7-5-13-9(14)8-12/h4-8H2,1-3H3,(H,13,14). The quantitative estimate of drug-likeness (QED) is 0.382. The molecule has 112 valence electrons. The highest BCUT2D eigenvalue weighted by molar-refractivity contribution is 14.1. The van der Waals surface area contributed by atoms with Crippen molar-refractivity contribution < 1.29 is 22.7 Å². The molecule has 0 atom stereocenters. The Hall–Kier alpha value is -0.380. The molecule has 0 spiro atoms. The molecule has 0 radical (unpaired) electrons. The summed E-state index contributed by atoms with van der Waals surface area (Å²) in [5.41, 5.74) is -0.616. The molecule has 0 saturated carbocycles. The van der Waals surface area contributed by atoms with Crippen LogP contribution in [0.4, 0.5) is 0 Å². The van der Waals surface area contributed by atoms with E-state index in [-0.39, 0.29) is 34.8 Å². The van der Waals surface area contributed by atoms with Crippen molar-refractivity contribution >= 4 is 44.3 Å². The van der Waals surface area contributed by atoms with Gasteiger partial charge in [0.25, 0.3) is 0 Å². The van der Waals surface area contributed by atoms with E-state index in [4.69, 9.17) is 4.74 Å². The summed E-state index contributed by atoms with van der Waals surface area (Å²) in [6, 6.07) is 0. The van der Waals surface area contributed by atoms with Crippen molar-refractivity contribution in [2.45, 2.75) is 32.8 Å². The number of hydrogen-bond donors (Lipinski definition) is 1. The predicted molar refractivity (Wildman–Crippen MR) is 81.0 cm³/mol. The molecule has 0 aliphatic heterocycles. The summed E-state index contributed by atoms with van der Waals surface area (Å²) in [5, 5.41) is 2.47. The lowest BCUT2D eigenvalue weighted by Crippen LogP contribution is -2.31. The van der Waals surface area contributed by atoms with Gasteiger partial charge in [-0.1, -0.05) is 22.6 Å². The van der Waals surface area contributed by atoms with Gasteiger partial charge in [-0.25, -0.2) is 8.42 Å². The van der Waals surface area contributed by atoms with E-state index in [0.717, 1.165) is 0 Å². The Labute approximate surface area is 127 Å². The first-order chi connectivity index (χ1) is 8.56. The lowest BCUT2D eigenvalue weighted by Gasteiger charge is -2.19. The number of esters is 1. The fraction of sp³-hybridized carbons (Fsp3) is 0.818. The molecule has 0 aliphatic rings. The Kier molecular flexibility index (Phi) is 7.87. The highest BCUT2D eigenvalue weighted by atomic mass is 127. The Morgan fingerprint density at radius 3 is 2.26 bits per heavy atom. The second-order valence-corrected chi connectivity index (χ2v) is 8.04. The van der Waals surface area contributed by atoms with Crippen molar-refractivity contribution in [1.82, 2.24) is 5.32 Å². The minimum absolute atomic E-state index is 0.0679. The monoisotopic (exact) mass is 405 g/mol. The van der Waals surface area contributed by atoms with E-state index in [1.165, 1.54) is 0 Å². The Bertz CT molecular complexity index is 413. The van der Waals surface area contributed by atoms with Gasteiger partial charge in [0.15, 0.2) is 9.84 Å². The number of carbonyl (C=O) groups excluding carboxylic acids is 2. The second kappa shape index (κ2) is 8.03. The van der Waals surface area contributed by atoms with Crippen molar-refractivity contribution in [3.63, 3.8) is 0 Å². The number of ether oxygens (including phenoxy) is 1. The molecule has 0 saturated heterocycles. The minimum Gasteiger partial charge on any atom is -0.460 e. The van der Waals surface area contributed by atoms with Gasteiger partial charge in [0.05, 0.1) is 22.4 Å². The molecule has 0 heterocycles. The van der Waals surface area contributed by atoms with Crippen LogP contribution in [0.25, 0.3) is 0 Å². The molecule has 0 aromatic rings. The van der Waals surface area contributed by atoms with Gasteiger partial charge >= 0.3 is 5.97 Å². The minimum atomic E-state index is -3.35. The molecule has 0 rings (SSSR count). The lowest BCUT2D eigenvalue weighted by molar-refractivity contribution is -0.154. The predicted octanol–water partition coefficient (Wildman–Crippen LogP) is 0.684. The molecule has 0 aromatic carbocycles. The van der Waals surface area contributed by atoms with Crippen LogP contribution in [0.1, 0.15) is 27.2 Å². The maximum Gasteiger partial charge on any atom is 0.307 e. The second-order valence-electron chi connectivity index (χ2n) is 4.97. The number of hydrogen-bond acceptors (Lipinski definition) is 5. The van der Waals surface area contributed by atoms with Gasteiger partial charge in [0, 0.05) is 6.54 Å². The van der Waals surface area contributed by atoms with Crippen LogP contribution >= 0.6 is 22.6 Å². The van der Waals surface area contributed by atoms with Crippen molar-refractivity contribution in [3.05, 3.63) is 0 Å². The van der Waals surface area contributed by atoms with Crippen molar-refractivity contribution in [2.24, 2.45) is 0 Å². The summed E-state index contributed by atoms with van der Waals surface area (Å²) < 4.78 is 28.5. The van der Waals surface area contributed by atoms with Crippen LogP contribution in [0.5, 0.6) is 0 Å². The largest absolute Gasteiger partial charge is 0.460 e. The average molecular weight is 405 g/mol. The van der Waals surface area contributed by atoms with Crippen LogP contribution in [0.15, 0.2) is 0 Å². The molecule has 8 heteroatoms. The summed E-state index contributed by atoms with van der Waals surface area (Å²) in [7, 11) is -3.35. The van der Waals surface area contributed by atoms with Crippen molar-refractivity contribution in [1.29, 1.82) is 0 Å². The molecule has 0 unspecified atom stereocenters. The van der Waals surface area contributed by atoms with E-state index in [1.807, 2.05) is 22.6 Å². The number of halogens is 1. The van der Waals surface area contributed by atoms with E-state index in [9.17, 15) is 18.0 Å². The zero-order valence-corrected chi connectivity index (χ0v) is 14.3. The average Bonchev–Trinajstić information content (AvgIpc) is 2.24. The third-order valence-electron chi connectivity index (χ3n) is 1.89. The number of sulfone groups is 1. The Balaban J connectivity index is 4.04. The van der Waals surface area contributed by atoms with Gasteiger partial charge in [-0.15, -0.1) is 0 Å². The molecule has 0 aromatic heterocycles. The van der Waals surface area contributed by atoms with Crippen LogP contribution in [-0.2, 0) is 24.2 Å². The van der Waals surface area contributed by atoms with E-state index in [1.54, 1.807) is 20.8 Å². The number of rotatable bonds is 7. The third-order valence-corrected chi connectivity index (χ3v) is 4.24. The van der Waals surface area contributed by atoms with Gasteiger partial charge in [0.2, 0.25) is 5.91 Å². The number of nitrogens with one attached hydrogen (secondary N) is 1. The van der Waals surface area contributed by atoms with Crippen molar-refractivity contribution in [3.8, 4) is 0 Å². The Morgan fingerprint density at radius 1 is 1.21 bits per heavy atom. The van der Waals surface area contributed by atoms with Crippen LogP contribution < -0.4 is 5.32 Å². The summed E-state index contributed by atoms with van der Waals surface area (Å²) in [6.07, 6.45) is -0.167. The van der Waals surface area contributed by atoms with Crippen LogP contribution in [0, 0.1) is 0 Å². The molecule has 0 fully saturated rings. The number of amides is 1. The fourth-order valence-corrected chi connectivity index (χ4v) is 2.49. The smallest absolute Gasteiger partial charge is 0.307 e.